The van der Waals surface area contributed by atoms with Crippen LogP contribution in [-0.2, 0) is 10.9 Å². The zero-order valence-corrected chi connectivity index (χ0v) is 9.36. The van der Waals surface area contributed by atoms with Crippen molar-refractivity contribution in [2.24, 2.45) is 0 Å². The Hall–Kier alpha value is -0.470. The highest BCUT2D eigenvalue weighted by Gasteiger charge is 2.12. The van der Waals surface area contributed by atoms with Crippen LogP contribution in [0.4, 0.5) is 0 Å². The first kappa shape index (κ1) is 12.5. The Kier molecular flexibility index (Phi) is 5.84. The lowest BCUT2D eigenvalue weighted by Gasteiger charge is -1.97. The minimum Gasteiger partial charge on any atom is -1.00 e. The molecule has 0 saturated heterocycles. The van der Waals surface area contributed by atoms with E-state index >= 15 is 0 Å². The fraction of sp³-hybridized carbons (Fsp3) is 0.300. The van der Waals surface area contributed by atoms with Gasteiger partial charge < -0.3 is 12.4 Å². The van der Waals surface area contributed by atoms with Gasteiger partial charge in [0.2, 0.25) is 5.78 Å². The van der Waals surface area contributed by atoms with Gasteiger partial charge in [0.1, 0.15) is 0 Å². The van der Waals surface area contributed by atoms with Gasteiger partial charge in [-0.1, -0.05) is 30.3 Å². The molecule has 0 aliphatic rings. The van der Waals surface area contributed by atoms with E-state index in [0.29, 0.717) is 5.75 Å². The second-order valence-corrected chi connectivity index (χ2v) is 5.18. The Morgan fingerprint density at radius 3 is 2.23 bits per heavy atom. The van der Waals surface area contributed by atoms with Crippen LogP contribution in [-0.4, -0.2) is 24.0 Å². The molecule has 0 heterocycles. The summed E-state index contributed by atoms with van der Waals surface area (Å²) in [6.07, 6.45) is 4.17. The second kappa shape index (κ2) is 6.06. The number of carbonyl (C=O) groups excluding carboxylic acids is 1. The Bertz CT molecular complexity index is 259. The average molecular weight is 217 g/mol. The largest absolute Gasteiger partial charge is 1.00 e. The Morgan fingerprint density at radius 1 is 1.23 bits per heavy atom. The molecule has 0 aromatic heterocycles. The quantitative estimate of drug-likeness (QED) is 0.456. The monoisotopic (exact) mass is 216 g/mol. The van der Waals surface area contributed by atoms with Gasteiger partial charge in [-0.3, -0.25) is 4.79 Å². The van der Waals surface area contributed by atoms with Gasteiger partial charge in [-0.15, -0.1) is 0 Å². The Morgan fingerprint density at radius 2 is 1.77 bits per heavy atom. The molecular formula is C10H13ClOS. The first-order valence-electron chi connectivity index (χ1n) is 3.82. The molecule has 1 aromatic rings. The van der Waals surface area contributed by atoms with Crippen molar-refractivity contribution < 1.29 is 17.2 Å². The number of carbonyl (C=O) groups is 1. The van der Waals surface area contributed by atoms with Crippen LogP contribution in [0.1, 0.15) is 10.4 Å². The molecule has 13 heavy (non-hydrogen) atoms. The molecule has 0 unspecified atom stereocenters. The number of hydrogen-bond donors (Lipinski definition) is 0. The van der Waals surface area contributed by atoms with Gasteiger partial charge in [0.15, 0.2) is 5.75 Å². The van der Waals surface area contributed by atoms with Gasteiger partial charge in [-0.2, -0.15) is 0 Å². The van der Waals surface area contributed by atoms with Gasteiger partial charge in [-0.25, -0.2) is 0 Å². The highest BCUT2D eigenvalue weighted by atomic mass is 35.5. The summed E-state index contributed by atoms with van der Waals surface area (Å²) in [6.45, 7) is 0. The van der Waals surface area contributed by atoms with Crippen molar-refractivity contribution >= 4 is 16.7 Å². The average Bonchev–Trinajstić information content (AvgIpc) is 2.05. The zero-order chi connectivity index (χ0) is 8.97. The molecule has 1 rings (SSSR count). The molecule has 0 amide bonds. The molecule has 0 radical (unpaired) electrons. The predicted octanol–water partition coefficient (Wildman–Crippen LogP) is -1.25. The third-order valence-electron chi connectivity index (χ3n) is 1.52. The lowest BCUT2D eigenvalue weighted by Crippen LogP contribution is -3.00. The number of ketones is 1. The van der Waals surface area contributed by atoms with Crippen LogP contribution in [0.15, 0.2) is 30.3 Å². The van der Waals surface area contributed by atoms with Crippen LogP contribution in [0.25, 0.3) is 0 Å². The van der Waals surface area contributed by atoms with Crippen molar-refractivity contribution in [2.75, 3.05) is 18.3 Å². The summed E-state index contributed by atoms with van der Waals surface area (Å²) in [5.41, 5.74) is 0.832. The minimum atomic E-state index is 0. The van der Waals surface area contributed by atoms with Crippen LogP contribution < -0.4 is 12.4 Å². The molecule has 72 valence electrons. The maximum Gasteiger partial charge on any atom is 0.211 e. The maximum atomic E-state index is 11.5. The zero-order valence-electron chi connectivity index (χ0n) is 7.79. The Balaban J connectivity index is 0.00000144. The van der Waals surface area contributed by atoms with Crippen LogP contribution in [0, 0.1) is 0 Å². The van der Waals surface area contributed by atoms with E-state index < -0.39 is 0 Å². The first-order valence-corrected chi connectivity index (χ1v) is 6.03. The lowest BCUT2D eigenvalue weighted by molar-refractivity contribution is -0.0000105. The molecule has 0 bridgehead atoms. The number of halogens is 1. The summed E-state index contributed by atoms with van der Waals surface area (Å²) in [5, 5.41) is 0. The van der Waals surface area contributed by atoms with Crippen molar-refractivity contribution in [3.63, 3.8) is 0 Å². The molecule has 0 atom stereocenters. The normalized spacial score (nSPS) is 9.46. The summed E-state index contributed by atoms with van der Waals surface area (Å²) in [6, 6.07) is 9.46. The molecule has 1 nitrogen and oxygen atoms in total. The molecule has 0 aliphatic heterocycles. The van der Waals surface area contributed by atoms with E-state index in [1.807, 2.05) is 30.3 Å². The molecule has 1 aromatic carbocycles. The van der Waals surface area contributed by atoms with Gasteiger partial charge in [0, 0.05) is 5.56 Å². The molecule has 0 N–H and O–H groups in total. The van der Waals surface area contributed by atoms with Crippen molar-refractivity contribution in [3.05, 3.63) is 35.9 Å². The van der Waals surface area contributed by atoms with Crippen molar-refractivity contribution in [2.45, 2.75) is 0 Å². The van der Waals surface area contributed by atoms with Crippen LogP contribution in [0.3, 0.4) is 0 Å². The number of benzene rings is 1. The standard InChI is InChI=1S/C10H13OS.ClH/c1-12(2)8-10(11)9-6-4-3-5-7-9;/h3-7H,8H2,1-2H3;1H/q+1;/p-1. The van der Waals surface area contributed by atoms with Gasteiger partial charge in [-0.05, 0) is 10.9 Å². The van der Waals surface area contributed by atoms with Crippen molar-refractivity contribution in [1.82, 2.24) is 0 Å². The van der Waals surface area contributed by atoms with E-state index in [0.717, 1.165) is 5.56 Å². The highest BCUT2D eigenvalue weighted by molar-refractivity contribution is 7.96. The summed E-state index contributed by atoms with van der Waals surface area (Å²) < 4.78 is 0. The minimum absolute atomic E-state index is 0. The van der Waals surface area contributed by atoms with Crippen molar-refractivity contribution in [3.8, 4) is 0 Å². The van der Waals surface area contributed by atoms with Crippen LogP contribution in [0.2, 0.25) is 0 Å². The fourth-order valence-electron chi connectivity index (χ4n) is 0.970. The topological polar surface area (TPSA) is 17.1 Å². The maximum absolute atomic E-state index is 11.5. The van der Waals surface area contributed by atoms with Crippen molar-refractivity contribution in [1.29, 1.82) is 0 Å². The summed E-state index contributed by atoms with van der Waals surface area (Å²) >= 11 is 0. The number of Topliss-reactive ketones (excluding diaryl/α,β-unsaturated/α-hetero) is 1. The molecule has 0 aliphatic carbocycles. The Labute approximate surface area is 88.3 Å². The van der Waals surface area contributed by atoms with Crippen LogP contribution >= 0.6 is 0 Å². The SMILES string of the molecule is C[S+](C)CC(=O)c1ccccc1.[Cl-]. The first-order chi connectivity index (χ1) is 5.70. The van der Waals surface area contributed by atoms with Gasteiger partial charge in [0.05, 0.1) is 12.5 Å². The predicted molar refractivity (Wildman–Crippen MR) is 54.9 cm³/mol. The molecule has 0 spiro atoms. The van der Waals surface area contributed by atoms with Gasteiger partial charge >= 0.3 is 0 Å². The summed E-state index contributed by atoms with van der Waals surface area (Å²) in [5.74, 6) is 0.924. The van der Waals surface area contributed by atoms with E-state index in [1.165, 1.54) is 0 Å². The molecular weight excluding hydrogens is 204 g/mol. The molecule has 3 heteroatoms. The van der Waals surface area contributed by atoms with E-state index in [2.05, 4.69) is 12.5 Å². The van der Waals surface area contributed by atoms with Crippen LogP contribution in [0.5, 0.6) is 0 Å². The smallest absolute Gasteiger partial charge is 0.211 e. The lowest BCUT2D eigenvalue weighted by atomic mass is 10.2. The van der Waals surface area contributed by atoms with E-state index in [4.69, 9.17) is 0 Å². The second-order valence-electron chi connectivity index (χ2n) is 2.92. The summed E-state index contributed by atoms with van der Waals surface area (Å²) in [4.78, 5) is 11.5. The highest BCUT2D eigenvalue weighted by Crippen LogP contribution is 2.01. The van der Waals surface area contributed by atoms with E-state index in [-0.39, 0.29) is 29.1 Å². The summed E-state index contributed by atoms with van der Waals surface area (Å²) in [7, 11) is 0.204. The van der Waals surface area contributed by atoms with E-state index in [9.17, 15) is 4.79 Å². The van der Waals surface area contributed by atoms with E-state index in [1.54, 1.807) is 0 Å². The molecule has 0 saturated carbocycles. The molecule has 0 fully saturated rings. The third kappa shape index (κ3) is 4.34. The number of rotatable bonds is 3. The van der Waals surface area contributed by atoms with Gasteiger partial charge in [0.25, 0.3) is 0 Å². The third-order valence-corrected chi connectivity index (χ3v) is 2.36. The number of hydrogen-bond acceptors (Lipinski definition) is 1. The fourth-order valence-corrected chi connectivity index (χ4v) is 1.66.